The molecular weight excluding hydrogens is 262 g/mol. The van der Waals surface area contributed by atoms with Crippen molar-refractivity contribution < 1.29 is 4.79 Å². The number of hydrogen-bond donors (Lipinski definition) is 1. The van der Waals surface area contributed by atoms with E-state index in [1.165, 1.54) is 10.9 Å². The lowest BCUT2D eigenvalue weighted by atomic mass is 10.1. The van der Waals surface area contributed by atoms with E-state index in [4.69, 9.17) is 0 Å². The van der Waals surface area contributed by atoms with Crippen molar-refractivity contribution in [1.29, 1.82) is 0 Å². The van der Waals surface area contributed by atoms with Gasteiger partial charge in [0, 0.05) is 31.3 Å². The molecule has 21 heavy (non-hydrogen) atoms. The Hall–Kier alpha value is -1.81. The number of nitrogens with one attached hydrogen (secondary N) is 1. The van der Waals surface area contributed by atoms with Gasteiger partial charge in [-0.25, -0.2) is 0 Å². The summed E-state index contributed by atoms with van der Waals surface area (Å²) in [7, 11) is 0. The van der Waals surface area contributed by atoms with Gasteiger partial charge in [-0.3, -0.25) is 4.79 Å². The standard InChI is InChI=1S/C17H25N3O/c1-4-18-12-14-7-8-15-9-10-20(16(15)11-14)13-17(21)19(5-2)6-3/h7-11,18H,4-6,12-13H2,1-3H3. The predicted octanol–water partition coefficient (Wildman–Crippen LogP) is 2.62. The molecule has 2 aromatic rings. The lowest BCUT2D eigenvalue weighted by molar-refractivity contribution is -0.131. The average molecular weight is 287 g/mol. The summed E-state index contributed by atoms with van der Waals surface area (Å²) in [6.45, 7) is 9.90. The van der Waals surface area contributed by atoms with Crippen molar-refractivity contribution in [2.45, 2.75) is 33.9 Å². The van der Waals surface area contributed by atoms with Gasteiger partial charge in [-0.1, -0.05) is 19.1 Å². The Morgan fingerprint density at radius 3 is 2.62 bits per heavy atom. The third-order valence-electron chi connectivity index (χ3n) is 3.84. The molecule has 0 aliphatic rings. The molecule has 0 unspecified atom stereocenters. The molecule has 4 nitrogen and oxygen atoms in total. The molecule has 0 aliphatic carbocycles. The maximum atomic E-state index is 12.3. The fourth-order valence-electron chi connectivity index (χ4n) is 2.57. The highest BCUT2D eigenvalue weighted by atomic mass is 16.2. The second kappa shape index (κ2) is 7.27. The zero-order valence-electron chi connectivity index (χ0n) is 13.2. The number of likely N-dealkylation sites (N-methyl/N-ethyl adjacent to an activating group) is 1. The second-order valence-electron chi connectivity index (χ2n) is 5.18. The minimum Gasteiger partial charge on any atom is -0.342 e. The quantitative estimate of drug-likeness (QED) is 0.850. The first-order valence-corrected chi connectivity index (χ1v) is 7.75. The number of carbonyl (C=O) groups is 1. The summed E-state index contributed by atoms with van der Waals surface area (Å²) in [5.74, 6) is 0.176. The van der Waals surface area contributed by atoms with Crippen LogP contribution in [0.3, 0.4) is 0 Å². The van der Waals surface area contributed by atoms with E-state index in [-0.39, 0.29) is 5.91 Å². The fraction of sp³-hybridized carbons (Fsp3) is 0.471. The van der Waals surface area contributed by atoms with Crippen LogP contribution in [0.25, 0.3) is 10.9 Å². The fourth-order valence-corrected chi connectivity index (χ4v) is 2.57. The molecule has 114 valence electrons. The van der Waals surface area contributed by atoms with E-state index in [2.05, 4.69) is 36.5 Å². The monoisotopic (exact) mass is 287 g/mol. The normalized spacial score (nSPS) is 11.0. The number of hydrogen-bond acceptors (Lipinski definition) is 2. The van der Waals surface area contributed by atoms with Gasteiger partial charge < -0.3 is 14.8 Å². The highest BCUT2D eigenvalue weighted by molar-refractivity contribution is 5.83. The molecule has 0 spiro atoms. The van der Waals surface area contributed by atoms with E-state index in [9.17, 15) is 4.79 Å². The van der Waals surface area contributed by atoms with E-state index in [1.807, 2.05) is 29.5 Å². The van der Waals surface area contributed by atoms with Gasteiger partial charge in [-0.15, -0.1) is 0 Å². The molecule has 1 heterocycles. The minimum absolute atomic E-state index is 0.176. The van der Waals surface area contributed by atoms with Gasteiger partial charge in [0.25, 0.3) is 0 Å². The minimum atomic E-state index is 0.176. The van der Waals surface area contributed by atoms with Gasteiger partial charge in [0.2, 0.25) is 5.91 Å². The van der Waals surface area contributed by atoms with Crippen LogP contribution in [0, 0.1) is 0 Å². The highest BCUT2D eigenvalue weighted by Gasteiger charge is 2.11. The molecule has 0 saturated heterocycles. The second-order valence-corrected chi connectivity index (χ2v) is 5.18. The SMILES string of the molecule is CCNCc1ccc2ccn(CC(=O)N(CC)CC)c2c1. The van der Waals surface area contributed by atoms with E-state index in [0.717, 1.165) is 31.7 Å². The van der Waals surface area contributed by atoms with Crippen molar-refractivity contribution in [3.63, 3.8) is 0 Å². The van der Waals surface area contributed by atoms with Gasteiger partial charge in [0.1, 0.15) is 6.54 Å². The van der Waals surface area contributed by atoms with Crippen LogP contribution in [0.5, 0.6) is 0 Å². The topological polar surface area (TPSA) is 37.3 Å². The first-order chi connectivity index (χ1) is 10.2. The maximum absolute atomic E-state index is 12.3. The zero-order valence-corrected chi connectivity index (χ0v) is 13.2. The van der Waals surface area contributed by atoms with Gasteiger partial charge in [-0.2, -0.15) is 0 Å². The maximum Gasteiger partial charge on any atom is 0.242 e. The molecular formula is C17H25N3O. The smallest absolute Gasteiger partial charge is 0.242 e. The molecule has 0 aliphatic heterocycles. The number of amides is 1. The van der Waals surface area contributed by atoms with Crippen LogP contribution in [0.2, 0.25) is 0 Å². The molecule has 0 saturated carbocycles. The van der Waals surface area contributed by atoms with Crippen LogP contribution in [0.1, 0.15) is 26.3 Å². The summed E-state index contributed by atoms with van der Waals surface area (Å²) < 4.78 is 2.05. The molecule has 1 amide bonds. The number of benzene rings is 1. The van der Waals surface area contributed by atoms with Crippen molar-refractivity contribution in [1.82, 2.24) is 14.8 Å². The summed E-state index contributed by atoms with van der Waals surface area (Å²) >= 11 is 0. The Balaban J connectivity index is 2.21. The number of carbonyl (C=O) groups excluding carboxylic acids is 1. The molecule has 0 radical (unpaired) electrons. The highest BCUT2D eigenvalue weighted by Crippen LogP contribution is 2.18. The number of nitrogens with zero attached hydrogens (tertiary/aromatic N) is 2. The molecule has 0 atom stereocenters. The lowest BCUT2D eigenvalue weighted by Gasteiger charge is -2.19. The zero-order chi connectivity index (χ0) is 15.2. The van der Waals surface area contributed by atoms with Crippen LogP contribution in [-0.2, 0) is 17.9 Å². The van der Waals surface area contributed by atoms with Gasteiger partial charge in [0.15, 0.2) is 0 Å². The van der Waals surface area contributed by atoms with Crippen molar-refractivity contribution in [3.05, 3.63) is 36.0 Å². The van der Waals surface area contributed by atoms with Crippen molar-refractivity contribution in [3.8, 4) is 0 Å². The number of rotatable bonds is 7. The lowest BCUT2D eigenvalue weighted by Crippen LogP contribution is -2.33. The molecule has 2 rings (SSSR count). The summed E-state index contributed by atoms with van der Waals surface area (Å²) in [6.07, 6.45) is 2.00. The Morgan fingerprint density at radius 1 is 1.19 bits per heavy atom. The average Bonchev–Trinajstić information content (AvgIpc) is 2.89. The predicted molar refractivity (Wildman–Crippen MR) is 87.2 cm³/mol. The van der Waals surface area contributed by atoms with Crippen LogP contribution in [0.4, 0.5) is 0 Å². The summed E-state index contributed by atoms with van der Waals surface area (Å²) in [5.41, 5.74) is 2.38. The first kappa shape index (κ1) is 15.6. The van der Waals surface area contributed by atoms with Crippen LogP contribution < -0.4 is 5.32 Å². The Bertz CT molecular complexity index is 599. The van der Waals surface area contributed by atoms with Crippen LogP contribution in [-0.4, -0.2) is 35.0 Å². The Morgan fingerprint density at radius 2 is 1.95 bits per heavy atom. The molecule has 0 fully saturated rings. The van der Waals surface area contributed by atoms with Crippen molar-refractivity contribution >= 4 is 16.8 Å². The molecule has 1 aromatic heterocycles. The third-order valence-corrected chi connectivity index (χ3v) is 3.84. The summed E-state index contributed by atoms with van der Waals surface area (Å²) in [6, 6.07) is 8.51. The van der Waals surface area contributed by atoms with E-state index >= 15 is 0 Å². The van der Waals surface area contributed by atoms with Crippen molar-refractivity contribution in [2.75, 3.05) is 19.6 Å². The Kier molecular flexibility index (Phi) is 5.39. The van der Waals surface area contributed by atoms with Gasteiger partial charge in [-0.05, 0) is 43.5 Å². The van der Waals surface area contributed by atoms with Gasteiger partial charge in [0.05, 0.1) is 0 Å². The summed E-state index contributed by atoms with van der Waals surface area (Å²) in [5, 5.41) is 4.52. The number of aromatic nitrogens is 1. The van der Waals surface area contributed by atoms with Gasteiger partial charge >= 0.3 is 0 Å². The summed E-state index contributed by atoms with van der Waals surface area (Å²) in [4.78, 5) is 14.1. The van der Waals surface area contributed by atoms with Crippen LogP contribution in [0.15, 0.2) is 30.5 Å². The van der Waals surface area contributed by atoms with E-state index in [0.29, 0.717) is 6.54 Å². The molecule has 1 aromatic carbocycles. The van der Waals surface area contributed by atoms with Crippen LogP contribution >= 0.6 is 0 Å². The molecule has 0 bridgehead atoms. The largest absolute Gasteiger partial charge is 0.342 e. The Labute approximate surface area is 126 Å². The van der Waals surface area contributed by atoms with Crippen molar-refractivity contribution in [2.24, 2.45) is 0 Å². The third kappa shape index (κ3) is 3.64. The molecule has 4 heteroatoms. The first-order valence-electron chi connectivity index (χ1n) is 7.75. The van der Waals surface area contributed by atoms with E-state index < -0.39 is 0 Å². The van der Waals surface area contributed by atoms with E-state index in [1.54, 1.807) is 0 Å². The number of fused-ring (bicyclic) bond motifs is 1. The molecule has 1 N–H and O–H groups in total.